The van der Waals surface area contributed by atoms with E-state index in [4.69, 9.17) is 4.98 Å². The zero-order valence-electron chi connectivity index (χ0n) is 19.1. The summed E-state index contributed by atoms with van der Waals surface area (Å²) in [6, 6.07) is 10.8. The van der Waals surface area contributed by atoms with Crippen LogP contribution in [0, 0.1) is 13.8 Å². The highest BCUT2D eigenvalue weighted by Gasteiger charge is 2.30. The zero-order valence-corrected chi connectivity index (χ0v) is 20.8. The van der Waals surface area contributed by atoms with E-state index in [1.165, 1.54) is 16.2 Å². The highest BCUT2D eigenvalue weighted by Crippen LogP contribution is 2.32. The minimum atomic E-state index is -0.207. The van der Waals surface area contributed by atoms with Crippen molar-refractivity contribution in [1.29, 1.82) is 0 Å². The number of amides is 3. The number of hydrogen-bond donors (Lipinski definition) is 0. The summed E-state index contributed by atoms with van der Waals surface area (Å²) < 4.78 is 1.06. The van der Waals surface area contributed by atoms with Crippen molar-refractivity contribution >= 4 is 62.5 Å². The standard InChI is InChI=1S/C24H26N4O3S.ClH/c1-15-13-16(2)22-19(14-15)32-24(25-22)27(12-11-26(3)4)23(31)17-5-7-18(8-6-17)28-20(29)9-10-21(28)30;/h5-8,13-14H,9-12H2,1-4H3;1H. The lowest BCUT2D eigenvalue weighted by Crippen LogP contribution is -2.36. The fraction of sp³-hybridized carbons (Fsp3) is 0.333. The van der Waals surface area contributed by atoms with Crippen LogP contribution in [0.1, 0.15) is 34.3 Å². The number of halogens is 1. The molecule has 0 spiro atoms. The topological polar surface area (TPSA) is 73.8 Å². The molecule has 2 heterocycles. The summed E-state index contributed by atoms with van der Waals surface area (Å²) in [4.78, 5) is 47.2. The third kappa shape index (κ3) is 5.08. The summed E-state index contributed by atoms with van der Waals surface area (Å²) in [5, 5.41) is 0.662. The van der Waals surface area contributed by atoms with E-state index >= 15 is 0 Å². The molecule has 0 aliphatic carbocycles. The van der Waals surface area contributed by atoms with E-state index in [-0.39, 0.29) is 43.0 Å². The third-order valence-electron chi connectivity index (χ3n) is 5.49. The second kappa shape index (κ2) is 9.99. The minimum absolute atomic E-state index is 0. The fourth-order valence-corrected chi connectivity index (χ4v) is 5.00. The van der Waals surface area contributed by atoms with Crippen molar-refractivity contribution in [3.05, 3.63) is 53.1 Å². The smallest absolute Gasteiger partial charge is 0.260 e. The van der Waals surface area contributed by atoms with Crippen LogP contribution in [-0.2, 0) is 9.59 Å². The molecule has 1 fully saturated rings. The Bertz CT molecular complexity index is 1190. The quantitative estimate of drug-likeness (QED) is 0.488. The number of carbonyl (C=O) groups excluding carboxylic acids is 3. The van der Waals surface area contributed by atoms with Crippen molar-refractivity contribution in [3.63, 3.8) is 0 Å². The first kappa shape index (κ1) is 24.8. The van der Waals surface area contributed by atoms with Crippen LogP contribution < -0.4 is 9.80 Å². The highest BCUT2D eigenvalue weighted by molar-refractivity contribution is 7.22. The molecule has 1 saturated heterocycles. The van der Waals surface area contributed by atoms with Crippen molar-refractivity contribution in [1.82, 2.24) is 9.88 Å². The number of fused-ring (bicyclic) bond motifs is 1. The lowest BCUT2D eigenvalue weighted by Gasteiger charge is -2.22. The van der Waals surface area contributed by atoms with Crippen molar-refractivity contribution in [2.24, 2.45) is 0 Å². The molecule has 4 rings (SSSR count). The number of aryl methyl sites for hydroxylation is 2. The highest BCUT2D eigenvalue weighted by atomic mass is 35.5. The molecule has 0 unspecified atom stereocenters. The van der Waals surface area contributed by atoms with Gasteiger partial charge in [0.1, 0.15) is 0 Å². The molecule has 0 atom stereocenters. The zero-order chi connectivity index (χ0) is 23.0. The number of thiazole rings is 1. The Morgan fingerprint density at radius 1 is 1.03 bits per heavy atom. The Labute approximate surface area is 203 Å². The van der Waals surface area contributed by atoms with E-state index in [1.54, 1.807) is 29.2 Å². The molecule has 2 aromatic carbocycles. The molecule has 3 aromatic rings. The summed E-state index contributed by atoms with van der Waals surface area (Å²) in [5.41, 5.74) is 4.16. The van der Waals surface area contributed by atoms with Gasteiger partial charge >= 0.3 is 0 Å². The van der Waals surface area contributed by atoms with Crippen LogP contribution >= 0.6 is 23.7 Å². The Hall–Kier alpha value is -2.81. The average Bonchev–Trinajstić information content (AvgIpc) is 3.31. The van der Waals surface area contributed by atoms with E-state index in [0.717, 1.165) is 21.3 Å². The van der Waals surface area contributed by atoms with Gasteiger partial charge < -0.3 is 4.90 Å². The molecule has 0 bridgehead atoms. The molecular weight excluding hydrogens is 460 g/mol. The number of benzene rings is 2. The number of aromatic nitrogens is 1. The largest absolute Gasteiger partial charge is 0.308 e. The predicted molar refractivity (Wildman–Crippen MR) is 135 cm³/mol. The van der Waals surface area contributed by atoms with E-state index < -0.39 is 0 Å². The first-order valence-corrected chi connectivity index (χ1v) is 11.4. The van der Waals surface area contributed by atoms with Gasteiger partial charge in [0.25, 0.3) is 5.91 Å². The van der Waals surface area contributed by atoms with E-state index in [9.17, 15) is 14.4 Å². The SMILES string of the molecule is Cc1cc(C)c2nc(N(CCN(C)C)C(=O)c3ccc(N4C(=O)CCC4=O)cc3)sc2c1.Cl. The molecule has 33 heavy (non-hydrogen) atoms. The average molecular weight is 487 g/mol. The molecule has 7 nitrogen and oxygen atoms in total. The first-order chi connectivity index (χ1) is 15.2. The molecular formula is C24H27ClN4O3S. The van der Waals surface area contributed by atoms with Crippen molar-refractivity contribution < 1.29 is 14.4 Å². The van der Waals surface area contributed by atoms with E-state index in [2.05, 4.69) is 19.1 Å². The summed E-state index contributed by atoms with van der Waals surface area (Å²) in [6.07, 6.45) is 0.461. The maximum Gasteiger partial charge on any atom is 0.260 e. The Morgan fingerprint density at radius 2 is 1.67 bits per heavy atom. The van der Waals surface area contributed by atoms with Crippen LogP contribution in [0.4, 0.5) is 10.8 Å². The maximum absolute atomic E-state index is 13.5. The van der Waals surface area contributed by atoms with Gasteiger partial charge in [0.2, 0.25) is 11.8 Å². The monoisotopic (exact) mass is 486 g/mol. The lowest BCUT2D eigenvalue weighted by atomic mass is 10.1. The molecule has 174 valence electrons. The molecule has 1 aliphatic heterocycles. The first-order valence-electron chi connectivity index (χ1n) is 10.5. The Morgan fingerprint density at radius 3 is 2.27 bits per heavy atom. The summed E-state index contributed by atoms with van der Waals surface area (Å²) in [6.45, 7) is 5.27. The van der Waals surface area contributed by atoms with Crippen LogP contribution in [0.3, 0.4) is 0 Å². The molecule has 1 aromatic heterocycles. The molecule has 3 amide bonds. The van der Waals surface area contributed by atoms with Gasteiger partial charge in [0, 0.05) is 31.5 Å². The molecule has 0 radical (unpaired) electrons. The number of rotatable bonds is 6. The van der Waals surface area contributed by atoms with Crippen LogP contribution in [0.5, 0.6) is 0 Å². The van der Waals surface area contributed by atoms with Crippen molar-refractivity contribution in [2.75, 3.05) is 37.0 Å². The van der Waals surface area contributed by atoms with Crippen LogP contribution in [0.2, 0.25) is 0 Å². The number of imide groups is 1. The van der Waals surface area contributed by atoms with Gasteiger partial charge in [-0.15, -0.1) is 12.4 Å². The molecule has 0 N–H and O–H groups in total. The van der Waals surface area contributed by atoms with Crippen LogP contribution in [-0.4, -0.2) is 54.8 Å². The molecule has 0 saturated carbocycles. The number of carbonyl (C=O) groups is 3. The van der Waals surface area contributed by atoms with Gasteiger partial charge in [-0.1, -0.05) is 17.4 Å². The second-order valence-corrected chi connectivity index (χ2v) is 9.36. The lowest BCUT2D eigenvalue weighted by molar-refractivity contribution is -0.121. The van der Waals surface area contributed by atoms with Gasteiger partial charge in [-0.05, 0) is 69.4 Å². The fourth-order valence-electron chi connectivity index (χ4n) is 3.83. The van der Waals surface area contributed by atoms with Crippen molar-refractivity contribution in [3.8, 4) is 0 Å². The number of anilines is 2. The number of nitrogens with zero attached hydrogens (tertiary/aromatic N) is 4. The third-order valence-corrected chi connectivity index (χ3v) is 6.51. The Kier molecular flexibility index (Phi) is 7.51. The molecule has 1 aliphatic rings. The summed E-state index contributed by atoms with van der Waals surface area (Å²) in [5.74, 6) is -0.574. The summed E-state index contributed by atoms with van der Waals surface area (Å²) >= 11 is 1.51. The maximum atomic E-state index is 13.5. The van der Waals surface area contributed by atoms with Gasteiger partial charge in [-0.2, -0.15) is 0 Å². The van der Waals surface area contributed by atoms with Crippen LogP contribution in [0.15, 0.2) is 36.4 Å². The van der Waals surface area contributed by atoms with Crippen LogP contribution in [0.25, 0.3) is 10.2 Å². The van der Waals surface area contributed by atoms with E-state index in [1.807, 2.05) is 25.9 Å². The van der Waals surface area contributed by atoms with Gasteiger partial charge in [0.05, 0.1) is 15.9 Å². The predicted octanol–water partition coefficient (Wildman–Crippen LogP) is 4.20. The summed E-state index contributed by atoms with van der Waals surface area (Å²) in [7, 11) is 3.93. The van der Waals surface area contributed by atoms with E-state index in [0.29, 0.717) is 29.5 Å². The van der Waals surface area contributed by atoms with Gasteiger partial charge in [-0.3, -0.25) is 24.2 Å². The van der Waals surface area contributed by atoms with Gasteiger partial charge in [0.15, 0.2) is 5.13 Å². The molecule has 9 heteroatoms. The number of likely N-dealkylation sites (N-methyl/N-ethyl adjacent to an activating group) is 1. The van der Waals surface area contributed by atoms with Crippen molar-refractivity contribution in [2.45, 2.75) is 26.7 Å². The Balaban J connectivity index is 0.00000306. The minimum Gasteiger partial charge on any atom is -0.308 e. The van der Waals surface area contributed by atoms with Gasteiger partial charge in [-0.25, -0.2) is 4.98 Å². The normalized spacial score (nSPS) is 13.7. The second-order valence-electron chi connectivity index (χ2n) is 8.35. The number of hydrogen-bond acceptors (Lipinski definition) is 6.